The molecule has 0 bridgehead atoms. The molecule has 0 heterocycles. The number of anilines is 1. The normalized spacial score (nSPS) is 11.5. The number of rotatable bonds is 7. The monoisotopic (exact) mass is 429 g/mol. The Balaban J connectivity index is 1.75. The Kier molecular flexibility index (Phi) is 6.88. The van der Waals surface area contributed by atoms with Crippen LogP contribution in [0.3, 0.4) is 0 Å². The molecule has 4 N–H and O–H groups in total. The highest BCUT2D eigenvalue weighted by Crippen LogP contribution is 2.25. The molecular formula is C22H18F3N3O3. The van der Waals surface area contributed by atoms with Gasteiger partial charge in [-0.3, -0.25) is 14.8 Å². The second-order valence-corrected chi connectivity index (χ2v) is 6.57. The Morgan fingerprint density at radius 1 is 0.871 bits per heavy atom. The number of carbonyl (C=O) groups is 2. The van der Waals surface area contributed by atoms with Crippen LogP contribution < -0.4 is 16.1 Å². The maximum atomic E-state index is 13.5. The van der Waals surface area contributed by atoms with Gasteiger partial charge in [-0.25, -0.2) is 18.7 Å². The zero-order chi connectivity index (χ0) is 22.4. The van der Waals surface area contributed by atoms with Gasteiger partial charge in [0.2, 0.25) is 5.91 Å². The van der Waals surface area contributed by atoms with Gasteiger partial charge in [0.15, 0.2) is 17.5 Å². The van der Waals surface area contributed by atoms with Crippen molar-refractivity contribution in [3.05, 3.63) is 89.7 Å². The van der Waals surface area contributed by atoms with Crippen molar-refractivity contribution < 1.29 is 28.0 Å². The summed E-state index contributed by atoms with van der Waals surface area (Å²) in [5.41, 5.74) is 2.98. The molecule has 0 aliphatic heterocycles. The molecule has 0 saturated heterocycles. The van der Waals surface area contributed by atoms with Crippen molar-refractivity contribution in [2.45, 2.75) is 6.04 Å². The van der Waals surface area contributed by atoms with Gasteiger partial charge >= 0.3 is 0 Å². The predicted molar refractivity (Wildman–Crippen MR) is 107 cm³/mol. The van der Waals surface area contributed by atoms with Gasteiger partial charge in [-0.05, 0) is 41.0 Å². The van der Waals surface area contributed by atoms with E-state index in [1.54, 1.807) is 24.3 Å². The average molecular weight is 429 g/mol. The van der Waals surface area contributed by atoms with Gasteiger partial charge < -0.3 is 10.6 Å². The van der Waals surface area contributed by atoms with E-state index in [0.29, 0.717) is 16.8 Å². The highest BCUT2D eigenvalue weighted by Gasteiger charge is 2.22. The molecule has 2 amide bonds. The summed E-state index contributed by atoms with van der Waals surface area (Å²) in [7, 11) is 0. The Bertz CT molecular complexity index is 1050. The summed E-state index contributed by atoms with van der Waals surface area (Å²) >= 11 is 0. The van der Waals surface area contributed by atoms with Crippen molar-refractivity contribution >= 4 is 17.5 Å². The Morgan fingerprint density at radius 2 is 1.48 bits per heavy atom. The van der Waals surface area contributed by atoms with Gasteiger partial charge in [-0.15, -0.1) is 0 Å². The third-order valence-electron chi connectivity index (χ3n) is 4.47. The summed E-state index contributed by atoms with van der Waals surface area (Å²) in [6, 6.07) is 15.2. The quantitative estimate of drug-likeness (QED) is 0.263. The van der Waals surface area contributed by atoms with Gasteiger partial charge in [0.05, 0.1) is 6.54 Å². The molecule has 6 nitrogen and oxygen atoms in total. The third-order valence-corrected chi connectivity index (χ3v) is 4.47. The molecule has 0 spiro atoms. The van der Waals surface area contributed by atoms with E-state index in [1.165, 1.54) is 29.7 Å². The largest absolute Gasteiger partial charge is 0.376 e. The molecule has 0 radical (unpaired) electrons. The van der Waals surface area contributed by atoms with E-state index in [4.69, 9.17) is 5.21 Å². The molecular weight excluding hydrogens is 411 g/mol. The number of hydroxylamine groups is 1. The maximum Gasteiger partial charge on any atom is 0.270 e. The van der Waals surface area contributed by atoms with Crippen molar-refractivity contribution in [3.8, 4) is 11.1 Å². The predicted octanol–water partition coefficient (Wildman–Crippen LogP) is 3.55. The first kappa shape index (κ1) is 21.8. The number of nitrogens with one attached hydrogen (secondary N) is 3. The van der Waals surface area contributed by atoms with Gasteiger partial charge in [-0.1, -0.05) is 42.5 Å². The minimum Gasteiger partial charge on any atom is -0.376 e. The van der Waals surface area contributed by atoms with Crippen LogP contribution in [-0.4, -0.2) is 23.6 Å². The second kappa shape index (κ2) is 9.77. The first-order valence-corrected chi connectivity index (χ1v) is 9.16. The minimum atomic E-state index is -1.56. The fraction of sp³-hybridized carbons (Fsp3) is 0.0909. The van der Waals surface area contributed by atoms with Crippen LogP contribution in [0.25, 0.3) is 11.1 Å². The topological polar surface area (TPSA) is 90.5 Å². The molecule has 0 aromatic heterocycles. The SMILES string of the molecule is O=C(CNc1ccccc1)NC(C(=O)NO)c1ccc(-c2cc(F)c(F)c(F)c2)cc1. The summed E-state index contributed by atoms with van der Waals surface area (Å²) < 4.78 is 40.1. The van der Waals surface area contributed by atoms with E-state index < -0.39 is 35.3 Å². The van der Waals surface area contributed by atoms with E-state index in [1.807, 2.05) is 6.07 Å². The molecule has 0 aliphatic carbocycles. The second-order valence-electron chi connectivity index (χ2n) is 6.57. The maximum absolute atomic E-state index is 13.5. The van der Waals surface area contributed by atoms with Crippen molar-refractivity contribution in [2.24, 2.45) is 0 Å². The molecule has 9 heteroatoms. The summed E-state index contributed by atoms with van der Waals surface area (Å²) in [4.78, 5) is 24.3. The van der Waals surface area contributed by atoms with E-state index in [2.05, 4.69) is 10.6 Å². The van der Waals surface area contributed by atoms with Gasteiger partial charge in [0, 0.05) is 5.69 Å². The van der Waals surface area contributed by atoms with E-state index >= 15 is 0 Å². The minimum absolute atomic E-state index is 0.0993. The lowest BCUT2D eigenvalue weighted by atomic mass is 10.00. The zero-order valence-corrected chi connectivity index (χ0v) is 16.0. The van der Waals surface area contributed by atoms with Gasteiger partial charge in [-0.2, -0.15) is 0 Å². The van der Waals surface area contributed by atoms with Crippen molar-refractivity contribution in [1.29, 1.82) is 0 Å². The van der Waals surface area contributed by atoms with Crippen molar-refractivity contribution in [2.75, 3.05) is 11.9 Å². The van der Waals surface area contributed by atoms with Gasteiger partial charge in [0.25, 0.3) is 5.91 Å². The van der Waals surface area contributed by atoms with Crippen LogP contribution in [-0.2, 0) is 9.59 Å². The van der Waals surface area contributed by atoms with E-state index in [-0.39, 0.29) is 12.1 Å². The number of carbonyl (C=O) groups excluding carboxylic acids is 2. The smallest absolute Gasteiger partial charge is 0.270 e. The fourth-order valence-corrected chi connectivity index (χ4v) is 2.91. The molecule has 3 rings (SSSR count). The van der Waals surface area contributed by atoms with Crippen LogP contribution in [0.4, 0.5) is 18.9 Å². The van der Waals surface area contributed by atoms with Crippen molar-refractivity contribution in [3.63, 3.8) is 0 Å². The average Bonchev–Trinajstić information content (AvgIpc) is 2.79. The number of amides is 2. The molecule has 0 saturated carbocycles. The lowest BCUT2D eigenvalue weighted by Crippen LogP contribution is -2.41. The number of para-hydroxylation sites is 1. The standard InChI is InChI=1S/C22H18F3N3O3/c23-17-10-15(11-18(24)20(17)25)13-6-8-14(9-7-13)21(22(30)28-31)27-19(29)12-26-16-4-2-1-3-5-16/h1-11,21,26,31H,12H2,(H,27,29)(H,28,30). The zero-order valence-electron chi connectivity index (χ0n) is 16.0. The van der Waals surface area contributed by atoms with Crippen LogP contribution in [0, 0.1) is 17.5 Å². The lowest BCUT2D eigenvalue weighted by molar-refractivity contribution is -0.134. The van der Waals surface area contributed by atoms with Crippen LogP contribution in [0.1, 0.15) is 11.6 Å². The van der Waals surface area contributed by atoms with Crippen LogP contribution in [0.5, 0.6) is 0 Å². The summed E-state index contributed by atoms with van der Waals surface area (Å²) in [5.74, 6) is -5.60. The van der Waals surface area contributed by atoms with E-state index in [0.717, 1.165) is 12.1 Å². The van der Waals surface area contributed by atoms with Gasteiger partial charge in [0.1, 0.15) is 6.04 Å². The lowest BCUT2D eigenvalue weighted by Gasteiger charge is -2.18. The first-order valence-electron chi connectivity index (χ1n) is 9.16. The highest BCUT2D eigenvalue weighted by molar-refractivity contribution is 5.89. The number of halogens is 3. The summed E-state index contributed by atoms with van der Waals surface area (Å²) in [5, 5.41) is 14.4. The molecule has 0 fully saturated rings. The molecule has 1 unspecified atom stereocenters. The Morgan fingerprint density at radius 3 is 2.06 bits per heavy atom. The Labute approximate surface area is 175 Å². The van der Waals surface area contributed by atoms with Crippen LogP contribution >= 0.6 is 0 Å². The summed E-state index contributed by atoms with van der Waals surface area (Å²) in [6.07, 6.45) is 0. The first-order chi connectivity index (χ1) is 14.9. The number of hydrogen-bond donors (Lipinski definition) is 4. The van der Waals surface area contributed by atoms with Crippen molar-refractivity contribution in [1.82, 2.24) is 10.8 Å². The third kappa shape index (κ3) is 5.40. The highest BCUT2D eigenvalue weighted by atomic mass is 19.2. The number of benzene rings is 3. The molecule has 160 valence electrons. The molecule has 3 aromatic rings. The molecule has 0 aliphatic rings. The molecule has 1 atom stereocenters. The molecule has 31 heavy (non-hydrogen) atoms. The number of hydrogen-bond acceptors (Lipinski definition) is 4. The Hall–Kier alpha value is -3.85. The van der Waals surface area contributed by atoms with Crippen LogP contribution in [0.15, 0.2) is 66.7 Å². The molecule has 3 aromatic carbocycles. The van der Waals surface area contributed by atoms with E-state index in [9.17, 15) is 22.8 Å². The van der Waals surface area contributed by atoms with Crippen LogP contribution in [0.2, 0.25) is 0 Å². The fourth-order valence-electron chi connectivity index (χ4n) is 2.91. The summed E-state index contributed by atoms with van der Waals surface area (Å²) in [6.45, 7) is -0.120.